The molecule has 1 aliphatic rings. The number of nitrogens with zero attached hydrogens (tertiary/aromatic N) is 1. The minimum Gasteiger partial charge on any atom is -0.466 e. The van der Waals surface area contributed by atoms with Crippen LogP contribution in [0.15, 0.2) is 21.2 Å². The number of likely N-dealkylation sites (N-methyl/N-ethyl adjacent to an activating group) is 1. The fourth-order valence-corrected chi connectivity index (χ4v) is 3.24. The zero-order valence-electron chi connectivity index (χ0n) is 9.87. The Kier molecular flexibility index (Phi) is 3.42. The number of furan rings is 1. The summed E-state index contributed by atoms with van der Waals surface area (Å²) < 4.78 is 6.49. The fraction of sp³-hybridized carbons (Fsp3) is 0.667. The number of halogens is 1. The van der Waals surface area contributed by atoms with Gasteiger partial charge in [0.1, 0.15) is 5.76 Å². The molecule has 1 unspecified atom stereocenters. The van der Waals surface area contributed by atoms with Crippen LogP contribution in [0.25, 0.3) is 0 Å². The van der Waals surface area contributed by atoms with E-state index in [1.54, 1.807) is 6.26 Å². The van der Waals surface area contributed by atoms with Crippen LogP contribution in [-0.2, 0) is 0 Å². The smallest absolute Gasteiger partial charge is 0.136 e. The zero-order valence-corrected chi connectivity index (χ0v) is 11.5. The van der Waals surface area contributed by atoms with Gasteiger partial charge in [0.25, 0.3) is 0 Å². The molecular formula is C12H19BrN2O. The number of rotatable bonds is 3. The summed E-state index contributed by atoms with van der Waals surface area (Å²) in [4.78, 5) is 2.26. The van der Waals surface area contributed by atoms with E-state index in [0.717, 1.165) is 23.1 Å². The van der Waals surface area contributed by atoms with Gasteiger partial charge >= 0.3 is 0 Å². The second-order valence-electron chi connectivity index (χ2n) is 4.82. The highest BCUT2D eigenvalue weighted by atomic mass is 79.9. The molecule has 1 aromatic heterocycles. The number of nitrogens with two attached hydrogens (primary N) is 1. The zero-order chi connectivity index (χ0) is 11.8. The van der Waals surface area contributed by atoms with Gasteiger partial charge in [-0.15, -0.1) is 0 Å². The summed E-state index contributed by atoms with van der Waals surface area (Å²) in [6.45, 7) is 0. The molecule has 0 bridgehead atoms. The van der Waals surface area contributed by atoms with Gasteiger partial charge in [-0.1, -0.05) is 12.8 Å². The van der Waals surface area contributed by atoms with E-state index in [1.807, 2.05) is 6.07 Å². The molecule has 1 aliphatic carbocycles. The average Bonchev–Trinajstić information content (AvgIpc) is 2.85. The van der Waals surface area contributed by atoms with E-state index in [9.17, 15) is 0 Å². The largest absolute Gasteiger partial charge is 0.466 e. The van der Waals surface area contributed by atoms with E-state index in [0.29, 0.717) is 0 Å². The molecule has 0 aromatic carbocycles. The Balaban J connectivity index is 2.31. The van der Waals surface area contributed by atoms with Crippen LogP contribution in [0.3, 0.4) is 0 Å². The summed E-state index contributed by atoms with van der Waals surface area (Å²) in [5, 5.41) is 0. The molecule has 2 rings (SSSR count). The lowest BCUT2D eigenvalue weighted by Crippen LogP contribution is -2.50. The van der Waals surface area contributed by atoms with Gasteiger partial charge in [-0.25, -0.2) is 0 Å². The molecule has 1 fully saturated rings. The molecule has 4 heteroatoms. The van der Waals surface area contributed by atoms with Crippen LogP contribution in [0.4, 0.5) is 0 Å². The van der Waals surface area contributed by atoms with E-state index < -0.39 is 0 Å². The molecule has 0 amide bonds. The summed E-state index contributed by atoms with van der Waals surface area (Å²) in [6.07, 6.45) is 6.49. The lowest BCUT2D eigenvalue weighted by atomic mass is 9.86. The van der Waals surface area contributed by atoms with E-state index in [2.05, 4.69) is 34.9 Å². The third-order valence-corrected chi connectivity index (χ3v) is 4.52. The third-order valence-electron chi connectivity index (χ3n) is 3.87. The molecule has 0 radical (unpaired) electrons. The first kappa shape index (κ1) is 12.1. The van der Waals surface area contributed by atoms with Crippen LogP contribution in [0.5, 0.6) is 0 Å². The molecule has 0 spiro atoms. The second kappa shape index (κ2) is 4.51. The average molecular weight is 287 g/mol. The van der Waals surface area contributed by atoms with Crippen LogP contribution >= 0.6 is 15.9 Å². The number of hydrogen-bond donors (Lipinski definition) is 1. The highest BCUT2D eigenvalue weighted by Gasteiger charge is 2.43. The van der Waals surface area contributed by atoms with E-state index in [1.165, 1.54) is 12.8 Å². The molecule has 1 saturated carbocycles. The molecule has 0 aliphatic heterocycles. The lowest BCUT2D eigenvalue weighted by molar-refractivity contribution is 0.112. The Morgan fingerprint density at radius 1 is 1.44 bits per heavy atom. The normalized spacial score (nSPS) is 21.6. The molecule has 0 saturated heterocycles. The first-order valence-electron chi connectivity index (χ1n) is 5.74. The van der Waals surface area contributed by atoms with Crippen molar-refractivity contribution < 1.29 is 4.42 Å². The molecule has 1 aromatic rings. The van der Waals surface area contributed by atoms with Gasteiger partial charge < -0.3 is 15.1 Å². The van der Waals surface area contributed by atoms with Gasteiger partial charge in [0, 0.05) is 5.54 Å². The van der Waals surface area contributed by atoms with Crippen molar-refractivity contribution in [3.05, 3.63) is 22.6 Å². The topological polar surface area (TPSA) is 42.4 Å². The monoisotopic (exact) mass is 286 g/mol. The highest BCUT2D eigenvalue weighted by Crippen LogP contribution is 2.43. The van der Waals surface area contributed by atoms with Crippen molar-refractivity contribution in [1.82, 2.24) is 4.90 Å². The van der Waals surface area contributed by atoms with Gasteiger partial charge in [0.2, 0.25) is 0 Å². The molecule has 1 atom stereocenters. The summed E-state index contributed by atoms with van der Waals surface area (Å²) in [7, 11) is 4.23. The van der Waals surface area contributed by atoms with Crippen LogP contribution < -0.4 is 5.73 Å². The van der Waals surface area contributed by atoms with Crippen LogP contribution in [0.1, 0.15) is 37.5 Å². The van der Waals surface area contributed by atoms with Crippen molar-refractivity contribution in [3.63, 3.8) is 0 Å². The Labute approximate surface area is 105 Å². The summed E-state index contributed by atoms with van der Waals surface area (Å²) in [6, 6.07) is 1.85. The minimum absolute atomic E-state index is 0.0559. The van der Waals surface area contributed by atoms with Gasteiger partial charge in [-0.3, -0.25) is 0 Å². The Morgan fingerprint density at radius 2 is 2.06 bits per heavy atom. The lowest BCUT2D eigenvalue weighted by Gasteiger charge is -2.40. The quantitative estimate of drug-likeness (QED) is 0.929. The Hall–Kier alpha value is -0.320. The minimum atomic E-state index is -0.0608. The Bertz CT molecular complexity index is 356. The van der Waals surface area contributed by atoms with Crippen molar-refractivity contribution in [3.8, 4) is 0 Å². The maximum Gasteiger partial charge on any atom is 0.136 e. The van der Waals surface area contributed by atoms with Crippen molar-refractivity contribution in [1.29, 1.82) is 0 Å². The maximum atomic E-state index is 6.42. The molecule has 90 valence electrons. The fourth-order valence-electron chi connectivity index (χ4n) is 2.79. The van der Waals surface area contributed by atoms with Gasteiger partial charge in [-0.05, 0) is 48.9 Å². The summed E-state index contributed by atoms with van der Waals surface area (Å²) in [5.41, 5.74) is 6.47. The van der Waals surface area contributed by atoms with E-state index in [4.69, 9.17) is 10.2 Å². The molecular weight excluding hydrogens is 268 g/mol. The van der Waals surface area contributed by atoms with Crippen LogP contribution in [0.2, 0.25) is 0 Å². The highest BCUT2D eigenvalue weighted by molar-refractivity contribution is 9.10. The van der Waals surface area contributed by atoms with Crippen LogP contribution in [0, 0.1) is 0 Å². The molecule has 1 heterocycles. The van der Waals surface area contributed by atoms with Crippen molar-refractivity contribution in [2.24, 2.45) is 5.73 Å². The predicted octanol–water partition coefficient (Wildman–Crippen LogP) is 2.92. The van der Waals surface area contributed by atoms with Crippen molar-refractivity contribution >= 4 is 15.9 Å². The summed E-state index contributed by atoms with van der Waals surface area (Å²) in [5.74, 6) is 0.871. The predicted molar refractivity (Wildman–Crippen MR) is 68.2 cm³/mol. The van der Waals surface area contributed by atoms with E-state index >= 15 is 0 Å². The van der Waals surface area contributed by atoms with E-state index in [-0.39, 0.29) is 11.6 Å². The Morgan fingerprint density at radius 3 is 2.50 bits per heavy atom. The number of hydrogen-bond acceptors (Lipinski definition) is 3. The molecule has 16 heavy (non-hydrogen) atoms. The van der Waals surface area contributed by atoms with Gasteiger partial charge in [-0.2, -0.15) is 0 Å². The molecule has 2 N–H and O–H groups in total. The SMILES string of the molecule is CN(C)C1(C(N)c2occc2Br)CCCC1. The summed E-state index contributed by atoms with van der Waals surface area (Å²) >= 11 is 3.49. The van der Waals surface area contributed by atoms with Crippen molar-refractivity contribution in [2.75, 3.05) is 14.1 Å². The van der Waals surface area contributed by atoms with Crippen LogP contribution in [-0.4, -0.2) is 24.5 Å². The first-order valence-corrected chi connectivity index (χ1v) is 6.53. The molecule has 3 nitrogen and oxygen atoms in total. The standard InChI is InChI=1S/C12H19BrN2O/c1-15(2)12(6-3-4-7-12)11(14)10-9(13)5-8-16-10/h5,8,11H,3-4,6-7,14H2,1-2H3. The van der Waals surface area contributed by atoms with Gasteiger partial charge in [0.05, 0.1) is 16.8 Å². The maximum absolute atomic E-state index is 6.42. The third kappa shape index (κ3) is 1.83. The first-order chi connectivity index (χ1) is 7.58. The van der Waals surface area contributed by atoms with Gasteiger partial charge in [0.15, 0.2) is 0 Å². The second-order valence-corrected chi connectivity index (χ2v) is 5.67. The van der Waals surface area contributed by atoms with Crippen molar-refractivity contribution in [2.45, 2.75) is 37.3 Å².